The van der Waals surface area contributed by atoms with Crippen LogP contribution in [0.5, 0.6) is 0 Å². The van der Waals surface area contributed by atoms with Gasteiger partial charge in [0, 0.05) is 0 Å². The van der Waals surface area contributed by atoms with Crippen LogP contribution in [-0.2, 0) is 0 Å². The van der Waals surface area contributed by atoms with Crippen molar-refractivity contribution in [1.29, 1.82) is 0 Å². The summed E-state index contributed by atoms with van der Waals surface area (Å²) in [5.41, 5.74) is 0. The molecule has 440 valence electrons. The van der Waals surface area contributed by atoms with Gasteiger partial charge < -0.3 is 4.48 Å². The normalized spacial score (nSPS) is 13.1. The Kier molecular flexibility index (Phi) is 54.5. The molecule has 0 atom stereocenters. The van der Waals surface area contributed by atoms with Gasteiger partial charge >= 0.3 is 33.0 Å². The molecule has 0 aliphatic heterocycles. The van der Waals surface area contributed by atoms with E-state index in [4.69, 9.17) is 0 Å². The molecule has 0 aromatic carbocycles. The summed E-state index contributed by atoms with van der Waals surface area (Å²) in [7, 11) is -10.7. The van der Waals surface area contributed by atoms with E-state index in [9.17, 15) is 25.2 Å². The third-order valence-corrected chi connectivity index (χ3v) is 15.9. The second-order valence-electron chi connectivity index (χ2n) is 23.6. The minimum absolute atomic E-state index is 1.37. The van der Waals surface area contributed by atoms with E-state index in [1.165, 1.54) is 390 Å². The van der Waals surface area contributed by atoms with Crippen LogP contribution in [0.4, 0.5) is 25.2 Å². The molecular formula is C64H132F6NP. The molecule has 0 fully saturated rings. The molecule has 72 heavy (non-hydrogen) atoms. The van der Waals surface area contributed by atoms with Gasteiger partial charge in [0.1, 0.15) is 0 Å². The molecule has 0 spiro atoms. The molecular weight excluding hydrogens is 928 g/mol. The van der Waals surface area contributed by atoms with Crippen LogP contribution in [0.3, 0.4) is 0 Å². The van der Waals surface area contributed by atoms with Crippen molar-refractivity contribution < 1.29 is 29.7 Å². The van der Waals surface area contributed by atoms with Crippen molar-refractivity contribution in [1.82, 2.24) is 0 Å². The fourth-order valence-corrected chi connectivity index (χ4v) is 11.2. The molecule has 0 heterocycles. The molecule has 0 amide bonds. The Bertz CT molecular complexity index is 878. The molecule has 1 nitrogen and oxygen atoms in total. The maximum atomic E-state index is 9.87. The van der Waals surface area contributed by atoms with Crippen LogP contribution < -0.4 is 0 Å². The Labute approximate surface area is 449 Å². The first-order chi connectivity index (χ1) is 34.7. The van der Waals surface area contributed by atoms with Gasteiger partial charge in [-0.2, -0.15) is 0 Å². The van der Waals surface area contributed by atoms with Crippen molar-refractivity contribution in [2.75, 3.05) is 26.2 Å². The summed E-state index contributed by atoms with van der Waals surface area (Å²) in [6, 6.07) is 0. The van der Waals surface area contributed by atoms with Gasteiger partial charge in [-0.1, -0.05) is 336 Å². The number of rotatable bonds is 60. The molecule has 0 rings (SSSR count). The van der Waals surface area contributed by atoms with E-state index in [1.807, 2.05) is 0 Å². The molecule has 0 bridgehead atoms. The number of nitrogens with zero attached hydrogens (tertiary/aromatic N) is 1. The molecule has 0 N–H and O–H groups in total. The predicted octanol–water partition coefficient (Wildman–Crippen LogP) is 27.1. The number of unbranched alkanes of at least 4 members (excludes halogenated alkanes) is 52. The van der Waals surface area contributed by atoms with Crippen LogP contribution in [0.15, 0.2) is 0 Å². The zero-order valence-corrected chi connectivity index (χ0v) is 50.5. The Hall–Kier alpha value is -0.0300. The second kappa shape index (κ2) is 53.0. The zero-order chi connectivity index (χ0) is 53.3. The van der Waals surface area contributed by atoms with Crippen molar-refractivity contribution in [2.24, 2.45) is 0 Å². The summed E-state index contributed by atoms with van der Waals surface area (Å²) in [4.78, 5) is 0. The van der Waals surface area contributed by atoms with Crippen LogP contribution in [-0.4, -0.2) is 30.7 Å². The van der Waals surface area contributed by atoms with Gasteiger partial charge in [-0.3, -0.25) is 0 Å². The predicted molar refractivity (Wildman–Crippen MR) is 315 cm³/mol. The van der Waals surface area contributed by atoms with Crippen molar-refractivity contribution in [3.05, 3.63) is 0 Å². The zero-order valence-electron chi connectivity index (χ0n) is 49.6. The molecule has 0 aromatic heterocycles. The van der Waals surface area contributed by atoms with Crippen molar-refractivity contribution >= 4 is 7.81 Å². The Balaban J connectivity index is 0. The average Bonchev–Trinajstić information content (AvgIpc) is 3.33. The third-order valence-electron chi connectivity index (χ3n) is 15.9. The second-order valence-corrected chi connectivity index (χ2v) is 25.5. The first-order valence-corrected chi connectivity index (χ1v) is 35.1. The van der Waals surface area contributed by atoms with Gasteiger partial charge in [0.05, 0.1) is 26.2 Å². The first-order valence-electron chi connectivity index (χ1n) is 33.1. The van der Waals surface area contributed by atoms with Gasteiger partial charge in [0.2, 0.25) is 0 Å². The molecule has 0 saturated heterocycles. The average molecular weight is 1060 g/mol. The number of hydrogen-bond acceptors (Lipinski definition) is 0. The Morgan fingerprint density at radius 3 is 0.347 bits per heavy atom. The number of hydrogen-bond donors (Lipinski definition) is 0. The monoisotopic (exact) mass is 1060 g/mol. The first kappa shape index (κ1) is 74.0. The van der Waals surface area contributed by atoms with E-state index in [1.54, 1.807) is 0 Å². The van der Waals surface area contributed by atoms with Crippen LogP contribution >= 0.6 is 7.81 Å². The van der Waals surface area contributed by atoms with E-state index in [2.05, 4.69) is 27.7 Å². The van der Waals surface area contributed by atoms with Crippen LogP contribution in [0.25, 0.3) is 0 Å². The van der Waals surface area contributed by atoms with Gasteiger partial charge in [-0.05, 0) is 51.4 Å². The van der Waals surface area contributed by atoms with Crippen molar-refractivity contribution in [2.45, 2.75) is 387 Å². The SMILES string of the molecule is CCCCCCCCCCCCCCCC[N+](CCCCCCCCCCCCCCCC)(CCCCCCCCCCCCCCCC)CCCCCCCCCCCCCCCC.F[P-](F)(F)(F)(F)F. The molecule has 8 heteroatoms. The maximum absolute atomic E-state index is 10.7. The van der Waals surface area contributed by atoms with E-state index in [0.29, 0.717) is 0 Å². The molecule has 0 aliphatic rings. The summed E-state index contributed by atoms with van der Waals surface area (Å²) >= 11 is 0. The van der Waals surface area contributed by atoms with Crippen molar-refractivity contribution in [3.63, 3.8) is 0 Å². The fourth-order valence-electron chi connectivity index (χ4n) is 11.2. The van der Waals surface area contributed by atoms with Gasteiger partial charge in [0.15, 0.2) is 0 Å². The topological polar surface area (TPSA) is 0 Å². The standard InChI is InChI=1S/C64H132N.F6P/c1-5-9-13-17-21-25-29-33-37-41-45-49-53-57-61-65(62-58-54-50-46-42-38-34-30-26-22-18-14-10-6-2,63-59-55-51-47-43-39-35-31-27-23-19-15-11-7-3)64-60-56-52-48-44-40-36-32-28-24-20-16-12-8-4;1-7(2,3,4,5)6/h5-64H2,1-4H3;/q+1;-1. The minimum atomic E-state index is -10.7. The molecule has 0 aromatic rings. The summed E-state index contributed by atoms with van der Waals surface area (Å²) in [5.74, 6) is 0. The fraction of sp³-hybridized carbons (Fsp3) is 1.00. The third kappa shape index (κ3) is 72.0. The summed E-state index contributed by atoms with van der Waals surface area (Å²) in [6.45, 7) is 15.3. The molecule has 0 unspecified atom stereocenters. The number of halogens is 6. The summed E-state index contributed by atoms with van der Waals surface area (Å²) in [5, 5.41) is 0. The van der Waals surface area contributed by atoms with E-state index >= 15 is 0 Å². The van der Waals surface area contributed by atoms with Gasteiger partial charge in [-0.15, -0.1) is 0 Å². The summed E-state index contributed by atoms with van der Waals surface area (Å²) in [6.07, 6.45) is 82.7. The van der Waals surface area contributed by atoms with Crippen LogP contribution in [0.2, 0.25) is 0 Å². The van der Waals surface area contributed by atoms with Gasteiger partial charge in [-0.25, -0.2) is 0 Å². The molecule has 0 radical (unpaired) electrons. The Morgan fingerprint density at radius 1 is 0.167 bits per heavy atom. The van der Waals surface area contributed by atoms with Gasteiger partial charge in [0.25, 0.3) is 0 Å². The summed E-state index contributed by atoms with van der Waals surface area (Å²) < 4.78 is 60.7. The Morgan fingerprint density at radius 2 is 0.250 bits per heavy atom. The van der Waals surface area contributed by atoms with E-state index in [0.717, 1.165) is 0 Å². The van der Waals surface area contributed by atoms with E-state index < -0.39 is 7.81 Å². The van der Waals surface area contributed by atoms with Crippen molar-refractivity contribution in [3.8, 4) is 0 Å². The van der Waals surface area contributed by atoms with Crippen LogP contribution in [0, 0.1) is 0 Å². The number of quaternary nitrogens is 1. The van der Waals surface area contributed by atoms with E-state index in [-0.39, 0.29) is 0 Å². The molecule has 0 aliphatic carbocycles. The molecule has 0 saturated carbocycles. The van der Waals surface area contributed by atoms with Crippen LogP contribution in [0.1, 0.15) is 387 Å². The quantitative estimate of drug-likeness (QED) is 0.0246.